The van der Waals surface area contributed by atoms with E-state index in [-0.39, 0.29) is 0 Å². The number of nitrogens with one attached hydrogen (secondary N) is 1. The molecule has 106 valence electrons. The maximum Gasteiger partial charge on any atom is 0.122 e. The number of benzene rings is 1. The van der Waals surface area contributed by atoms with Crippen molar-refractivity contribution in [1.82, 2.24) is 5.32 Å². The van der Waals surface area contributed by atoms with E-state index < -0.39 is 0 Å². The Labute approximate surface area is 132 Å². The van der Waals surface area contributed by atoms with Gasteiger partial charge in [-0.1, -0.05) is 12.1 Å². The fourth-order valence-corrected chi connectivity index (χ4v) is 4.46. The zero-order chi connectivity index (χ0) is 13.9. The smallest absolute Gasteiger partial charge is 0.122 e. The Morgan fingerprint density at radius 3 is 3.05 bits per heavy atom. The summed E-state index contributed by atoms with van der Waals surface area (Å²) in [5.74, 6) is 1.07. The van der Waals surface area contributed by atoms with Crippen LogP contribution in [0.1, 0.15) is 28.5 Å². The maximum atomic E-state index is 5.56. The highest BCUT2D eigenvalue weighted by molar-refractivity contribution is 9.10. The Balaban J connectivity index is 1.68. The van der Waals surface area contributed by atoms with E-state index in [1.54, 1.807) is 0 Å². The van der Waals surface area contributed by atoms with Crippen molar-refractivity contribution < 1.29 is 4.74 Å². The van der Waals surface area contributed by atoms with Gasteiger partial charge in [-0.25, -0.2) is 0 Å². The highest BCUT2D eigenvalue weighted by atomic mass is 79.9. The van der Waals surface area contributed by atoms with Crippen LogP contribution in [0.2, 0.25) is 0 Å². The molecule has 0 aliphatic carbocycles. The molecule has 0 bridgehead atoms. The zero-order valence-electron chi connectivity index (χ0n) is 11.5. The first-order valence-electron chi connectivity index (χ1n) is 6.92. The third-order valence-corrected chi connectivity index (χ3v) is 5.77. The topological polar surface area (TPSA) is 21.3 Å². The molecule has 1 aliphatic heterocycles. The average Bonchev–Trinajstić information content (AvgIpc) is 3.08. The average molecular weight is 352 g/mol. The van der Waals surface area contributed by atoms with E-state index in [0.29, 0.717) is 6.04 Å². The first-order valence-corrected chi connectivity index (χ1v) is 8.60. The fourth-order valence-electron chi connectivity index (χ4n) is 2.67. The van der Waals surface area contributed by atoms with Gasteiger partial charge in [0.1, 0.15) is 5.75 Å². The summed E-state index contributed by atoms with van der Waals surface area (Å²) in [4.78, 5) is 1.39. The van der Waals surface area contributed by atoms with Gasteiger partial charge in [0.25, 0.3) is 0 Å². The minimum absolute atomic E-state index is 0.411. The van der Waals surface area contributed by atoms with E-state index in [2.05, 4.69) is 50.9 Å². The molecule has 1 atom stereocenters. The lowest BCUT2D eigenvalue weighted by Gasteiger charge is -2.15. The molecular weight excluding hydrogens is 334 g/mol. The molecule has 1 aromatic carbocycles. The molecule has 4 heteroatoms. The van der Waals surface area contributed by atoms with Crippen molar-refractivity contribution in [3.05, 3.63) is 50.1 Å². The lowest BCUT2D eigenvalue weighted by atomic mass is 10.0. The zero-order valence-corrected chi connectivity index (χ0v) is 13.9. The van der Waals surface area contributed by atoms with Crippen LogP contribution in [0, 0.1) is 0 Å². The van der Waals surface area contributed by atoms with Crippen LogP contribution in [0.15, 0.2) is 34.1 Å². The SMILES string of the molecule is CNC(CCc1ccc2c(c1)CCO2)c1sccc1Br. The summed E-state index contributed by atoms with van der Waals surface area (Å²) in [5.41, 5.74) is 2.77. The van der Waals surface area contributed by atoms with Crippen molar-refractivity contribution in [3.8, 4) is 5.75 Å². The van der Waals surface area contributed by atoms with Crippen molar-refractivity contribution in [2.75, 3.05) is 13.7 Å². The Morgan fingerprint density at radius 2 is 2.30 bits per heavy atom. The van der Waals surface area contributed by atoms with E-state index >= 15 is 0 Å². The molecule has 0 amide bonds. The van der Waals surface area contributed by atoms with E-state index in [1.165, 1.54) is 20.5 Å². The Hall–Kier alpha value is -0.840. The number of thiophene rings is 1. The fraction of sp³-hybridized carbons (Fsp3) is 0.375. The molecule has 3 rings (SSSR count). The molecule has 20 heavy (non-hydrogen) atoms. The number of fused-ring (bicyclic) bond motifs is 1. The number of hydrogen-bond donors (Lipinski definition) is 1. The first kappa shape index (κ1) is 14.1. The molecule has 2 nitrogen and oxygen atoms in total. The van der Waals surface area contributed by atoms with Gasteiger partial charge in [0.15, 0.2) is 0 Å². The van der Waals surface area contributed by atoms with E-state index in [4.69, 9.17) is 4.74 Å². The molecule has 1 unspecified atom stereocenters. The summed E-state index contributed by atoms with van der Waals surface area (Å²) in [6.45, 7) is 0.833. The van der Waals surface area contributed by atoms with Crippen LogP contribution >= 0.6 is 27.3 Å². The lowest BCUT2D eigenvalue weighted by molar-refractivity contribution is 0.357. The van der Waals surface area contributed by atoms with Gasteiger partial charge in [-0.15, -0.1) is 11.3 Å². The molecule has 1 aliphatic rings. The van der Waals surface area contributed by atoms with E-state index in [1.807, 2.05) is 18.4 Å². The van der Waals surface area contributed by atoms with Crippen LogP contribution in [-0.4, -0.2) is 13.7 Å². The molecular formula is C16H18BrNOS. The number of hydrogen-bond acceptors (Lipinski definition) is 3. The van der Waals surface area contributed by atoms with Gasteiger partial charge < -0.3 is 10.1 Å². The third-order valence-electron chi connectivity index (χ3n) is 3.79. The van der Waals surface area contributed by atoms with Gasteiger partial charge in [-0.05, 0) is 64.5 Å². The van der Waals surface area contributed by atoms with E-state index in [9.17, 15) is 0 Å². The van der Waals surface area contributed by atoms with Gasteiger partial charge in [0.05, 0.1) is 6.61 Å². The normalized spacial score (nSPS) is 14.9. The molecule has 0 spiro atoms. The van der Waals surface area contributed by atoms with Crippen LogP contribution in [0.5, 0.6) is 5.75 Å². The minimum atomic E-state index is 0.411. The van der Waals surface area contributed by atoms with Crippen LogP contribution in [0.3, 0.4) is 0 Å². The predicted octanol–water partition coefficient (Wildman–Crippen LogP) is 4.34. The van der Waals surface area contributed by atoms with Crippen molar-refractivity contribution in [3.63, 3.8) is 0 Å². The molecule has 2 heterocycles. The van der Waals surface area contributed by atoms with Crippen LogP contribution < -0.4 is 10.1 Å². The Morgan fingerprint density at radius 1 is 1.40 bits per heavy atom. The van der Waals surface area contributed by atoms with Crippen LogP contribution in [-0.2, 0) is 12.8 Å². The van der Waals surface area contributed by atoms with Gasteiger partial charge in [-0.3, -0.25) is 0 Å². The lowest BCUT2D eigenvalue weighted by Crippen LogP contribution is -2.16. The molecule has 0 saturated carbocycles. The number of rotatable bonds is 5. The molecule has 0 saturated heterocycles. The largest absolute Gasteiger partial charge is 0.493 e. The van der Waals surface area contributed by atoms with Gasteiger partial charge >= 0.3 is 0 Å². The number of halogens is 1. The third kappa shape index (κ3) is 2.92. The van der Waals surface area contributed by atoms with Crippen LogP contribution in [0.4, 0.5) is 0 Å². The molecule has 1 aromatic heterocycles. The van der Waals surface area contributed by atoms with Crippen molar-refractivity contribution >= 4 is 27.3 Å². The number of aryl methyl sites for hydroxylation is 1. The summed E-state index contributed by atoms with van der Waals surface area (Å²) in [7, 11) is 2.04. The summed E-state index contributed by atoms with van der Waals surface area (Å²) < 4.78 is 6.77. The van der Waals surface area contributed by atoms with Crippen molar-refractivity contribution in [2.24, 2.45) is 0 Å². The first-order chi connectivity index (χ1) is 9.78. The second kappa shape index (κ2) is 6.29. The molecule has 1 N–H and O–H groups in total. The second-order valence-corrected chi connectivity index (χ2v) is 6.86. The van der Waals surface area contributed by atoms with Gasteiger partial charge in [-0.2, -0.15) is 0 Å². The van der Waals surface area contributed by atoms with E-state index in [0.717, 1.165) is 31.6 Å². The molecule has 0 radical (unpaired) electrons. The van der Waals surface area contributed by atoms with Crippen LogP contribution in [0.25, 0.3) is 0 Å². The minimum Gasteiger partial charge on any atom is -0.493 e. The summed E-state index contributed by atoms with van der Waals surface area (Å²) >= 11 is 5.44. The summed E-state index contributed by atoms with van der Waals surface area (Å²) in [6, 6.07) is 9.15. The van der Waals surface area contributed by atoms with Gasteiger partial charge in [0.2, 0.25) is 0 Å². The summed E-state index contributed by atoms with van der Waals surface area (Å²) in [5, 5.41) is 5.56. The second-order valence-electron chi connectivity index (χ2n) is 5.05. The Kier molecular flexibility index (Phi) is 4.44. The monoisotopic (exact) mass is 351 g/mol. The summed E-state index contributed by atoms with van der Waals surface area (Å²) in [6.07, 6.45) is 3.24. The molecule has 2 aromatic rings. The highest BCUT2D eigenvalue weighted by Crippen LogP contribution is 2.32. The quantitative estimate of drug-likeness (QED) is 0.864. The number of ether oxygens (including phenoxy) is 1. The highest BCUT2D eigenvalue weighted by Gasteiger charge is 2.16. The van der Waals surface area contributed by atoms with Crippen molar-refractivity contribution in [2.45, 2.75) is 25.3 Å². The van der Waals surface area contributed by atoms with Gasteiger partial charge in [0, 0.05) is 21.8 Å². The standard InChI is InChI=1S/C16H18BrNOS/c1-18-14(16-13(17)7-9-20-16)4-2-11-3-5-15-12(10-11)6-8-19-15/h3,5,7,9-10,14,18H,2,4,6,8H2,1H3. The van der Waals surface area contributed by atoms with Crippen molar-refractivity contribution in [1.29, 1.82) is 0 Å². The molecule has 0 fully saturated rings. The Bertz CT molecular complexity index is 596. The maximum absolute atomic E-state index is 5.56. The predicted molar refractivity (Wildman–Crippen MR) is 87.8 cm³/mol.